The number of amides is 1. The second-order valence-corrected chi connectivity index (χ2v) is 5.25. The summed E-state index contributed by atoms with van der Waals surface area (Å²) in [6.45, 7) is 1.33. The van der Waals surface area contributed by atoms with Gasteiger partial charge < -0.3 is 10.1 Å². The molecule has 3 nitrogen and oxygen atoms in total. The van der Waals surface area contributed by atoms with Crippen molar-refractivity contribution in [2.45, 2.75) is 18.3 Å². The highest BCUT2D eigenvalue weighted by Crippen LogP contribution is 2.45. The maximum absolute atomic E-state index is 12.1. The lowest BCUT2D eigenvalue weighted by molar-refractivity contribution is -0.124. The zero-order chi connectivity index (χ0) is 11.2. The standard InChI is InChI=1S/C12H12BrNO2/c13-8-1-2-10-9(7-8)12(11(15)14-10)3-5-16-6-4-12/h1-2,7H,3-6H2,(H,14,15). The van der Waals surface area contributed by atoms with Gasteiger partial charge in [0.1, 0.15) is 0 Å². The summed E-state index contributed by atoms with van der Waals surface area (Å²) in [4.78, 5) is 12.1. The zero-order valence-corrected chi connectivity index (χ0v) is 10.3. The normalized spacial score (nSPS) is 21.9. The Balaban J connectivity index is 2.13. The summed E-state index contributed by atoms with van der Waals surface area (Å²) in [6.07, 6.45) is 1.56. The smallest absolute Gasteiger partial charge is 0.235 e. The summed E-state index contributed by atoms with van der Waals surface area (Å²) in [5.41, 5.74) is 1.72. The van der Waals surface area contributed by atoms with Crippen LogP contribution in [0.1, 0.15) is 18.4 Å². The first-order valence-corrected chi connectivity index (χ1v) is 6.21. The van der Waals surface area contributed by atoms with Gasteiger partial charge in [0.15, 0.2) is 0 Å². The van der Waals surface area contributed by atoms with E-state index < -0.39 is 0 Å². The molecule has 1 fully saturated rings. The summed E-state index contributed by atoms with van der Waals surface area (Å²) in [6, 6.07) is 5.97. The molecular formula is C12H12BrNO2. The van der Waals surface area contributed by atoms with Gasteiger partial charge in [-0.1, -0.05) is 15.9 Å². The van der Waals surface area contributed by atoms with E-state index in [0.717, 1.165) is 28.6 Å². The average Bonchev–Trinajstić information content (AvgIpc) is 2.55. The molecule has 1 amide bonds. The molecule has 0 radical (unpaired) electrons. The summed E-state index contributed by atoms with van der Waals surface area (Å²) < 4.78 is 6.38. The summed E-state index contributed by atoms with van der Waals surface area (Å²) in [5.74, 6) is 0.129. The largest absolute Gasteiger partial charge is 0.381 e. The van der Waals surface area contributed by atoms with E-state index in [-0.39, 0.29) is 11.3 Å². The molecule has 1 spiro atoms. The fourth-order valence-corrected chi connectivity index (χ4v) is 2.96. The Hall–Kier alpha value is -0.870. The number of carbonyl (C=O) groups is 1. The molecule has 4 heteroatoms. The Morgan fingerprint density at radius 1 is 1.31 bits per heavy atom. The van der Waals surface area contributed by atoms with Crippen LogP contribution in [0.25, 0.3) is 0 Å². The predicted octanol–water partition coefficient (Wildman–Crippen LogP) is 2.45. The van der Waals surface area contributed by atoms with Gasteiger partial charge in [0.25, 0.3) is 0 Å². The average molecular weight is 282 g/mol. The maximum atomic E-state index is 12.1. The minimum Gasteiger partial charge on any atom is -0.381 e. The Bertz CT molecular complexity index is 452. The molecule has 2 aliphatic heterocycles. The number of hydrogen-bond acceptors (Lipinski definition) is 2. The molecule has 1 aromatic rings. The van der Waals surface area contributed by atoms with Gasteiger partial charge in [0.2, 0.25) is 5.91 Å². The highest BCUT2D eigenvalue weighted by Gasteiger charge is 2.47. The van der Waals surface area contributed by atoms with Crippen LogP contribution >= 0.6 is 15.9 Å². The zero-order valence-electron chi connectivity index (χ0n) is 8.75. The summed E-state index contributed by atoms with van der Waals surface area (Å²) in [5, 5.41) is 2.97. The number of benzene rings is 1. The van der Waals surface area contributed by atoms with Crippen molar-refractivity contribution in [1.29, 1.82) is 0 Å². The van der Waals surface area contributed by atoms with E-state index in [0.29, 0.717) is 13.2 Å². The van der Waals surface area contributed by atoms with Gasteiger partial charge in [-0.3, -0.25) is 4.79 Å². The molecule has 2 aliphatic rings. The Morgan fingerprint density at radius 3 is 2.81 bits per heavy atom. The molecule has 84 valence electrons. The van der Waals surface area contributed by atoms with Crippen molar-refractivity contribution in [2.75, 3.05) is 18.5 Å². The fourth-order valence-electron chi connectivity index (χ4n) is 2.60. The number of rotatable bonds is 0. The van der Waals surface area contributed by atoms with Gasteiger partial charge in [0, 0.05) is 23.4 Å². The molecule has 2 heterocycles. The van der Waals surface area contributed by atoms with Crippen LogP contribution in [0.15, 0.2) is 22.7 Å². The van der Waals surface area contributed by atoms with Crippen LogP contribution in [0.4, 0.5) is 5.69 Å². The number of carbonyl (C=O) groups excluding carboxylic acids is 1. The van der Waals surface area contributed by atoms with Crippen LogP contribution in [0.2, 0.25) is 0 Å². The SMILES string of the molecule is O=C1Nc2ccc(Br)cc2C12CCOCC2. The lowest BCUT2D eigenvalue weighted by Gasteiger charge is -2.31. The van der Waals surface area contributed by atoms with Crippen molar-refractivity contribution >= 4 is 27.5 Å². The number of ether oxygens (including phenoxy) is 1. The highest BCUT2D eigenvalue weighted by molar-refractivity contribution is 9.10. The Kier molecular flexibility index (Phi) is 2.30. The molecule has 0 bridgehead atoms. The maximum Gasteiger partial charge on any atom is 0.235 e. The van der Waals surface area contributed by atoms with Crippen molar-refractivity contribution in [1.82, 2.24) is 0 Å². The number of nitrogens with one attached hydrogen (secondary N) is 1. The predicted molar refractivity (Wildman–Crippen MR) is 64.5 cm³/mol. The number of anilines is 1. The van der Waals surface area contributed by atoms with Crippen molar-refractivity contribution < 1.29 is 9.53 Å². The van der Waals surface area contributed by atoms with E-state index >= 15 is 0 Å². The van der Waals surface area contributed by atoms with Crippen LogP contribution in [-0.4, -0.2) is 19.1 Å². The fraction of sp³-hybridized carbons (Fsp3) is 0.417. The van der Waals surface area contributed by atoms with E-state index in [1.165, 1.54) is 0 Å². The third-order valence-electron chi connectivity index (χ3n) is 3.53. The molecule has 0 saturated carbocycles. The lowest BCUT2D eigenvalue weighted by Crippen LogP contribution is -2.39. The second-order valence-electron chi connectivity index (χ2n) is 4.34. The van der Waals surface area contributed by atoms with E-state index in [1.54, 1.807) is 0 Å². The molecule has 16 heavy (non-hydrogen) atoms. The van der Waals surface area contributed by atoms with Crippen molar-refractivity contribution in [3.8, 4) is 0 Å². The number of fused-ring (bicyclic) bond motifs is 2. The van der Waals surface area contributed by atoms with Crippen molar-refractivity contribution in [3.63, 3.8) is 0 Å². The Labute approximate surface area is 102 Å². The second kappa shape index (κ2) is 3.57. The quantitative estimate of drug-likeness (QED) is 0.793. The van der Waals surface area contributed by atoms with Crippen LogP contribution in [0.3, 0.4) is 0 Å². The van der Waals surface area contributed by atoms with Crippen molar-refractivity contribution in [3.05, 3.63) is 28.2 Å². The first kappa shape index (κ1) is 10.3. The van der Waals surface area contributed by atoms with Gasteiger partial charge >= 0.3 is 0 Å². The molecule has 1 aromatic carbocycles. The first-order valence-electron chi connectivity index (χ1n) is 5.42. The molecule has 1 saturated heterocycles. The van der Waals surface area contributed by atoms with Crippen LogP contribution in [0, 0.1) is 0 Å². The highest BCUT2D eigenvalue weighted by atomic mass is 79.9. The topological polar surface area (TPSA) is 38.3 Å². The molecule has 0 aromatic heterocycles. The first-order chi connectivity index (χ1) is 7.72. The third-order valence-corrected chi connectivity index (χ3v) is 4.02. The van der Waals surface area contributed by atoms with Gasteiger partial charge in [-0.15, -0.1) is 0 Å². The van der Waals surface area contributed by atoms with E-state index in [1.807, 2.05) is 12.1 Å². The van der Waals surface area contributed by atoms with Crippen LogP contribution in [-0.2, 0) is 14.9 Å². The minimum atomic E-state index is -0.350. The van der Waals surface area contributed by atoms with Crippen LogP contribution < -0.4 is 5.32 Å². The molecule has 0 unspecified atom stereocenters. The van der Waals surface area contributed by atoms with E-state index in [4.69, 9.17) is 4.74 Å². The monoisotopic (exact) mass is 281 g/mol. The molecule has 0 atom stereocenters. The number of hydrogen-bond donors (Lipinski definition) is 1. The third kappa shape index (κ3) is 1.33. The Morgan fingerprint density at radius 2 is 2.06 bits per heavy atom. The van der Waals surface area contributed by atoms with E-state index in [2.05, 4.69) is 27.3 Å². The van der Waals surface area contributed by atoms with Gasteiger partial charge in [-0.2, -0.15) is 0 Å². The molecule has 1 N–H and O–H groups in total. The summed E-state index contributed by atoms with van der Waals surface area (Å²) >= 11 is 3.46. The molecular weight excluding hydrogens is 270 g/mol. The molecule has 0 aliphatic carbocycles. The van der Waals surface area contributed by atoms with Gasteiger partial charge in [0.05, 0.1) is 5.41 Å². The minimum absolute atomic E-state index is 0.129. The summed E-state index contributed by atoms with van der Waals surface area (Å²) in [7, 11) is 0. The van der Waals surface area contributed by atoms with E-state index in [9.17, 15) is 4.79 Å². The number of halogens is 1. The van der Waals surface area contributed by atoms with Gasteiger partial charge in [-0.05, 0) is 36.6 Å². The molecule has 3 rings (SSSR count). The van der Waals surface area contributed by atoms with Crippen LogP contribution in [0.5, 0.6) is 0 Å². The lowest BCUT2D eigenvalue weighted by atomic mass is 9.75. The van der Waals surface area contributed by atoms with Crippen molar-refractivity contribution in [2.24, 2.45) is 0 Å². The van der Waals surface area contributed by atoms with Gasteiger partial charge in [-0.25, -0.2) is 0 Å².